The highest BCUT2D eigenvalue weighted by molar-refractivity contribution is 5.91. The highest BCUT2D eigenvalue weighted by atomic mass is 16.4. The maximum atomic E-state index is 11.7. The van der Waals surface area contributed by atoms with E-state index in [1.165, 1.54) is 0 Å². The molecule has 5 nitrogen and oxygen atoms in total. The molecule has 0 unspecified atom stereocenters. The molecule has 0 aromatic carbocycles. The van der Waals surface area contributed by atoms with Crippen LogP contribution in [0, 0.1) is 12.8 Å². The molecule has 2 N–H and O–H groups in total. The zero-order chi connectivity index (χ0) is 12.4. The molecular weight excluding hydrogens is 222 g/mol. The summed E-state index contributed by atoms with van der Waals surface area (Å²) in [6.07, 6.45) is 1.83. The Morgan fingerprint density at radius 3 is 2.71 bits per heavy atom. The number of rotatable bonds is 3. The van der Waals surface area contributed by atoms with Crippen LogP contribution in [0.4, 0.5) is 0 Å². The smallest absolute Gasteiger partial charge is 0.306 e. The number of aliphatic carboxylic acids is 1. The van der Waals surface area contributed by atoms with Crippen molar-refractivity contribution in [2.45, 2.75) is 32.2 Å². The van der Waals surface area contributed by atoms with Crippen molar-refractivity contribution in [3.05, 3.63) is 23.7 Å². The molecule has 92 valence electrons. The van der Waals surface area contributed by atoms with Crippen LogP contribution in [0.25, 0.3) is 0 Å². The van der Waals surface area contributed by atoms with Crippen LogP contribution < -0.4 is 5.32 Å². The molecular formula is C12H15NO4. The third-order valence-electron chi connectivity index (χ3n) is 3.08. The summed E-state index contributed by atoms with van der Waals surface area (Å²) >= 11 is 0. The fraction of sp³-hybridized carbons (Fsp3) is 0.500. The number of furan rings is 1. The minimum absolute atomic E-state index is 0.0611. The Labute approximate surface area is 98.8 Å². The van der Waals surface area contributed by atoms with Gasteiger partial charge in [0.25, 0.3) is 5.91 Å². The summed E-state index contributed by atoms with van der Waals surface area (Å²) in [4.78, 5) is 22.5. The lowest BCUT2D eigenvalue weighted by Gasteiger charge is -2.10. The first-order valence-electron chi connectivity index (χ1n) is 5.66. The van der Waals surface area contributed by atoms with Gasteiger partial charge in [0, 0.05) is 6.04 Å². The van der Waals surface area contributed by atoms with Gasteiger partial charge >= 0.3 is 5.97 Å². The Balaban J connectivity index is 1.90. The van der Waals surface area contributed by atoms with E-state index in [0.29, 0.717) is 25.0 Å². The fourth-order valence-corrected chi connectivity index (χ4v) is 2.15. The van der Waals surface area contributed by atoms with Crippen LogP contribution in [0.1, 0.15) is 35.6 Å². The minimum Gasteiger partial charge on any atom is -0.481 e. The van der Waals surface area contributed by atoms with Gasteiger partial charge in [0.2, 0.25) is 0 Å². The van der Waals surface area contributed by atoms with Crippen LogP contribution in [0.2, 0.25) is 0 Å². The molecule has 1 saturated carbocycles. The molecule has 1 aromatic heterocycles. The van der Waals surface area contributed by atoms with Crippen LogP contribution in [-0.4, -0.2) is 23.0 Å². The highest BCUT2D eigenvalue weighted by Gasteiger charge is 2.31. The average molecular weight is 237 g/mol. The monoisotopic (exact) mass is 237 g/mol. The standard InChI is InChI=1S/C12H15NO4/c1-7-2-5-10(17-7)11(14)13-9-4-3-8(6-9)12(15)16/h2,5,8-9H,3-4,6H2,1H3,(H,13,14)(H,15,16)/t8-,9+/m1/s1. The van der Waals surface area contributed by atoms with Gasteiger partial charge in [0.05, 0.1) is 5.92 Å². The SMILES string of the molecule is Cc1ccc(C(=O)N[C@H]2CC[C@@H](C(=O)O)C2)o1. The summed E-state index contributed by atoms with van der Waals surface area (Å²) in [5.74, 6) is -0.422. The molecule has 1 fully saturated rings. The lowest BCUT2D eigenvalue weighted by atomic mass is 10.1. The van der Waals surface area contributed by atoms with Crippen LogP contribution in [0.15, 0.2) is 16.5 Å². The molecule has 0 radical (unpaired) electrons. The fourth-order valence-electron chi connectivity index (χ4n) is 2.15. The van der Waals surface area contributed by atoms with E-state index in [9.17, 15) is 9.59 Å². The number of hydrogen-bond donors (Lipinski definition) is 2. The van der Waals surface area contributed by atoms with Crippen LogP contribution in [0.5, 0.6) is 0 Å². The van der Waals surface area contributed by atoms with Crippen LogP contribution >= 0.6 is 0 Å². The van der Waals surface area contributed by atoms with Gasteiger partial charge in [0.15, 0.2) is 5.76 Å². The molecule has 1 aliphatic carbocycles. The first-order chi connectivity index (χ1) is 8.06. The van der Waals surface area contributed by atoms with E-state index in [-0.39, 0.29) is 23.6 Å². The summed E-state index contributed by atoms with van der Waals surface area (Å²) in [7, 11) is 0. The molecule has 0 saturated heterocycles. The van der Waals surface area contributed by atoms with Crippen molar-refractivity contribution in [1.29, 1.82) is 0 Å². The number of carbonyl (C=O) groups excluding carboxylic acids is 1. The van der Waals surface area contributed by atoms with Gasteiger partial charge in [-0.15, -0.1) is 0 Å². The maximum absolute atomic E-state index is 11.7. The van der Waals surface area contributed by atoms with Gasteiger partial charge in [0.1, 0.15) is 5.76 Å². The van der Waals surface area contributed by atoms with Crippen molar-refractivity contribution in [3.63, 3.8) is 0 Å². The Morgan fingerprint density at radius 1 is 1.41 bits per heavy atom. The lowest BCUT2D eigenvalue weighted by Crippen LogP contribution is -2.33. The second kappa shape index (κ2) is 4.61. The maximum Gasteiger partial charge on any atom is 0.306 e. The largest absolute Gasteiger partial charge is 0.481 e. The molecule has 0 bridgehead atoms. The van der Waals surface area contributed by atoms with Gasteiger partial charge in [-0.1, -0.05) is 0 Å². The topological polar surface area (TPSA) is 79.5 Å². The number of nitrogens with one attached hydrogen (secondary N) is 1. The molecule has 2 atom stereocenters. The molecule has 17 heavy (non-hydrogen) atoms. The second-order valence-corrected chi connectivity index (χ2v) is 4.43. The van der Waals surface area contributed by atoms with E-state index >= 15 is 0 Å². The van der Waals surface area contributed by atoms with E-state index in [0.717, 1.165) is 0 Å². The summed E-state index contributed by atoms with van der Waals surface area (Å²) in [6, 6.07) is 3.28. The zero-order valence-corrected chi connectivity index (χ0v) is 9.60. The van der Waals surface area contributed by atoms with Gasteiger partial charge in [-0.2, -0.15) is 0 Å². The third-order valence-corrected chi connectivity index (χ3v) is 3.08. The first kappa shape index (κ1) is 11.7. The van der Waals surface area contributed by atoms with Crippen LogP contribution in [0.3, 0.4) is 0 Å². The number of amides is 1. The number of aryl methyl sites for hydroxylation is 1. The van der Waals surface area contributed by atoms with Gasteiger partial charge in [-0.25, -0.2) is 0 Å². The molecule has 2 rings (SSSR count). The molecule has 1 aliphatic rings. The van der Waals surface area contributed by atoms with E-state index in [4.69, 9.17) is 9.52 Å². The number of hydrogen-bond acceptors (Lipinski definition) is 3. The van der Waals surface area contributed by atoms with Crippen molar-refractivity contribution >= 4 is 11.9 Å². The van der Waals surface area contributed by atoms with E-state index in [1.54, 1.807) is 19.1 Å². The third kappa shape index (κ3) is 2.67. The van der Waals surface area contributed by atoms with E-state index in [1.807, 2.05) is 0 Å². The highest BCUT2D eigenvalue weighted by Crippen LogP contribution is 2.25. The molecule has 0 aliphatic heterocycles. The van der Waals surface area contributed by atoms with Crippen molar-refractivity contribution in [3.8, 4) is 0 Å². The summed E-state index contributed by atoms with van der Waals surface area (Å²) in [5, 5.41) is 11.7. The van der Waals surface area contributed by atoms with Gasteiger partial charge in [-0.3, -0.25) is 9.59 Å². The normalized spacial score (nSPS) is 23.6. The molecule has 1 amide bonds. The Kier molecular flexibility index (Phi) is 3.17. The number of carboxylic acid groups (broad SMARTS) is 1. The van der Waals surface area contributed by atoms with Crippen molar-refractivity contribution < 1.29 is 19.1 Å². The van der Waals surface area contributed by atoms with Crippen molar-refractivity contribution in [2.24, 2.45) is 5.92 Å². The predicted molar refractivity (Wildman–Crippen MR) is 59.7 cm³/mol. The van der Waals surface area contributed by atoms with Crippen molar-refractivity contribution in [2.75, 3.05) is 0 Å². The van der Waals surface area contributed by atoms with E-state index < -0.39 is 5.97 Å². The summed E-state index contributed by atoms with van der Waals surface area (Å²) in [6.45, 7) is 1.77. The molecule has 1 heterocycles. The number of carbonyl (C=O) groups is 2. The van der Waals surface area contributed by atoms with Gasteiger partial charge < -0.3 is 14.8 Å². The van der Waals surface area contributed by atoms with Crippen molar-refractivity contribution in [1.82, 2.24) is 5.32 Å². The Morgan fingerprint density at radius 2 is 2.18 bits per heavy atom. The zero-order valence-electron chi connectivity index (χ0n) is 9.60. The summed E-state index contributed by atoms with van der Waals surface area (Å²) < 4.78 is 5.20. The Bertz CT molecular complexity index is 437. The average Bonchev–Trinajstić information content (AvgIpc) is 2.86. The molecule has 5 heteroatoms. The minimum atomic E-state index is -0.782. The Hall–Kier alpha value is -1.78. The van der Waals surface area contributed by atoms with Crippen LogP contribution in [-0.2, 0) is 4.79 Å². The first-order valence-corrected chi connectivity index (χ1v) is 5.66. The predicted octanol–water partition coefficient (Wildman–Crippen LogP) is 1.57. The van der Waals surface area contributed by atoms with Gasteiger partial charge in [-0.05, 0) is 38.3 Å². The molecule has 0 spiro atoms. The molecule has 1 aromatic rings. The second-order valence-electron chi connectivity index (χ2n) is 4.43. The van der Waals surface area contributed by atoms with E-state index in [2.05, 4.69) is 5.32 Å². The lowest BCUT2D eigenvalue weighted by molar-refractivity contribution is -0.141. The number of carboxylic acids is 1. The summed E-state index contributed by atoms with van der Waals surface area (Å²) in [5.41, 5.74) is 0. The quantitative estimate of drug-likeness (QED) is 0.836.